The van der Waals surface area contributed by atoms with Crippen LogP contribution in [-0.2, 0) is 13.1 Å². The molecule has 1 saturated heterocycles. The number of nitrogens with zero attached hydrogens (tertiary/aromatic N) is 2. The molecule has 118 valence electrons. The highest BCUT2D eigenvalue weighted by Gasteiger charge is 2.20. The van der Waals surface area contributed by atoms with Crippen LogP contribution in [0.5, 0.6) is 0 Å². The van der Waals surface area contributed by atoms with E-state index >= 15 is 0 Å². The number of β-amino-alcohol motifs (C(OH)–C–C–N with tert-alkyl or cyclic N) is 1. The molecule has 0 unspecified atom stereocenters. The number of hydrogen-bond donors (Lipinski definition) is 2. The smallest absolute Gasteiger partial charge is 0.133 e. The van der Waals surface area contributed by atoms with Gasteiger partial charge in [0.25, 0.3) is 0 Å². The topological polar surface area (TPSA) is 48.4 Å². The maximum atomic E-state index is 9.86. The summed E-state index contributed by atoms with van der Waals surface area (Å²) in [4.78, 5) is 7.94. The summed E-state index contributed by atoms with van der Waals surface area (Å²) in [6.45, 7) is 3.19. The Morgan fingerprint density at radius 1 is 1.36 bits per heavy atom. The lowest BCUT2D eigenvalue weighted by Crippen LogP contribution is -2.39. The van der Waals surface area contributed by atoms with Crippen molar-refractivity contribution in [3.8, 4) is 0 Å². The molecule has 6 heteroatoms. The molecule has 1 aliphatic heterocycles. The van der Waals surface area contributed by atoms with Crippen LogP contribution in [0.15, 0.2) is 30.5 Å². The molecule has 0 saturated carbocycles. The van der Waals surface area contributed by atoms with Crippen molar-refractivity contribution in [2.24, 2.45) is 0 Å². The molecule has 1 aliphatic rings. The summed E-state index contributed by atoms with van der Waals surface area (Å²) < 4.78 is 0.821. The highest BCUT2D eigenvalue weighted by Crippen LogP contribution is 2.23. The Hall–Kier alpha value is -1.14. The number of pyridine rings is 1. The number of nitrogens with one attached hydrogen (secondary N) is 1. The van der Waals surface area contributed by atoms with E-state index in [1.54, 1.807) is 11.3 Å². The number of aromatic nitrogens is 1. The van der Waals surface area contributed by atoms with E-state index in [0.29, 0.717) is 6.54 Å². The minimum atomic E-state index is -0.246. The van der Waals surface area contributed by atoms with Crippen LogP contribution in [0.3, 0.4) is 0 Å². The van der Waals surface area contributed by atoms with Gasteiger partial charge in [-0.15, -0.1) is 11.3 Å². The number of aliphatic hydroxyl groups is 1. The number of rotatable bonds is 5. The van der Waals surface area contributed by atoms with Gasteiger partial charge in [-0.3, -0.25) is 0 Å². The van der Waals surface area contributed by atoms with E-state index in [-0.39, 0.29) is 6.10 Å². The van der Waals surface area contributed by atoms with Gasteiger partial charge in [0.15, 0.2) is 0 Å². The molecule has 0 aliphatic carbocycles. The molecule has 0 radical (unpaired) electrons. The quantitative estimate of drug-likeness (QED) is 0.880. The van der Waals surface area contributed by atoms with Gasteiger partial charge in [0.1, 0.15) is 5.82 Å². The van der Waals surface area contributed by atoms with E-state index in [2.05, 4.69) is 21.3 Å². The number of halogens is 1. The third-order valence-corrected chi connectivity index (χ3v) is 5.04. The van der Waals surface area contributed by atoms with Gasteiger partial charge in [-0.25, -0.2) is 4.98 Å². The van der Waals surface area contributed by atoms with Crippen molar-refractivity contribution in [3.63, 3.8) is 0 Å². The van der Waals surface area contributed by atoms with Crippen LogP contribution in [0.4, 0.5) is 5.82 Å². The number of thiophene rings is 1. The van der Waals surface area contributed by atoms with E-state index in [1.807, 2.05) is 24.4 Å². The SMILES string of the molecule is O[C@@H]1CCCN(c2ncccc2CNCc2ccc(Cl)s2)C1. The van der Waals surface area contributed by atoms with Crippen molar-refractivity contribution in [2.75, 3.05) is 18.0 Å². The molecule has 0 spiro atoms. The molecule has 1 fully saturated rings. The lowest BCUT2D eigenvalue weighted by molar-refractivity contribution is 0.154. The van der Waals surface area contributed by atoms with Crippen LogP contribution >= 0.6 is 22.9 Å². The summed E-state index contributed by atoms with van der Waals surface area (Å²) >= 11 is 7.55. The summed E-state index contributed by atoms with van der Waals surface area (Å²) in [6, 6.07) is 8.03. The van der Waals surface area contributed by atoms with Gasteiger partial charge in [-0.05, 0) is 31.0 Å². The zero-order chi connectivity index (χ0) is 15.4. The van der Waals surface area contributed by atoms with Gasteiger partial charge in [0.2, 0.25) is 0 Å². The fraction of sp³-hybridized carbons (Fsp3) is 0.438. The zero-order valence-corrected chi connectivity index (χ0v) is 13.9. The normalized spacial score (nSPS) is 18.6. The van der Waals surface area contributed by atoms with Gasteiger partial charge in [-0.2, -0.15) is 0 Å². The number of hydrogen-bond acceptors (Lipinski definition) is 5. The first-order valence-corrected chi connectivity index (χ1v) is 8.73. The second-order valence-corrected chi connectivity index (χ2v) is 7.34. The van der Waals surface area contributed by atoms with Crippen LogP contribution < -0.4 is 10.2 Å². The van der Waals surface area contributed by atoms with Crippen molar-refractivity contribution in [2.45, 2.75) is 32.0 Å². The van der Waals surface area contributed by atoms with Crippen LogP contribution in [0, 0.1) is 0 Å². The third kappa shape index (κ3) is 3.98. The van der Waals surface area contributed by atoms with E-state index < -0.39 is 0 Å². The Bertz CT molecular complexity index is 619. The van der Waals surface area contributed by atoms with Crippen LogP contribution in [0.25, 0.3) is 0 Å². The Labute approximate surface area is 139 Å². The molecule has 1 atom stereocenters. The van der Waals surface area contributed by atoms with E-state index in [9.17, 15) is 5.11 Å². The summed E-state index contributed by atoms with van der Waals surface area (Å²) in [5.74, 6) is 0.984. The molecule has 2 aromatic rings. The Kier molecular flexibility index (Phi) is 5.31. The maximum absolute atomic E-state index is 9.86. The largest absolute Gasteiger partial charge is 0.391 e. The average molecular weight is 338 g/mol. The average Bonchev–Trinajstić information content (AvgIpc) is 2.93. The maximum Gasteiger partial charge on any atom is 0.133 e. The molecule has 3 heterocycles. The molecule has 3 rings (SSSR count). The molecular formula is C16H20ClN3OS. The van der Waals surface area contributed by atoms with Gasteiger partial charge in [0, 0.05) is 42.8 Å². The van der Waals surface area contributed by atoms with Crippen molar-refractivity contribution in [1.29, 1.82) is 0 Å². The Morgan fingerprint density at radius 3 is 3.05 bits per heavy atom. The third-order valence-electron chi connectivity index (χ3n) is 3.81. The lowest BCUT2D eigenvalue weighted by Gasteiger charge is -2.32. The number of anilines is 1. The minimum Gasteiger partial charge on any atom is -0.391 e. The molecule has 4 nitrogen and oxygen atoms in total. The second-order valence-electron chi connectivity index (χ2n) is 5.54. The molecule has 2 aromatic heterocycles. The van der Waals surface area contributed by atoms with Crippen LogP contribution in [0.2, 0.25) is 4.34 Å². The summed E-state index contributed by atoms with van der Waals surface area (Å²) in [7, 11) is 0. The van der Waals surface area contributed by atoms with E-state index in [1.165, 1.54) is 10.4 Å². The fourth-order valence-electron chi connectivity index (χ4n) is 2.77. The highest BCUT2D eigenvalue weighted by atomic mass is 35.5. The first-order chi connectivity index (χ1) is 10.7. The van der Waals surface area contributed by atoms with Gasteiger partial charge in [0.05, 0.1) is 10.4 Å². The first kappa shape index (κ1) is 15.7. The summed E-state index contributed by atoms with van der Waals surface area (Å²) in [6.07, 6.45) is 3.47. The molecule has 0 aromatic carbocycles. The predicted molar refractivity (Wildman–Crippen MR) is 91.6 cm³/mol. The van der Waals surface area contributed by atoms with Crippen molar-refractivity contribution in [1.82, 2.24) is 10.3 Å². The summed E-state index contributed by atoms with van der Waals surface area (Å²) in [5, 5.41) is 13.3. The monoisotopic (exact) mass is 337 g/mol. The van der Waals surface area contributed by atoms with Crippen molar-refractivity contribution >= 4 is 28.8 Å². The van der Waals surface area contributed by atoms with Crippen LogP contribution in [0.1, 0.15) is 23.3 Å². The molecular weight excluding hydrogens is 318 g/mol. The first-order valence-electron chi connectivity index (χ1n) is 7.54. The Balaban J connectivity index is 1.63. The van der Waals surface area contributed by atoms with Crippen molar-refractivity contribution in [3.05, 3.63) is 45.2 Å². The van der Waals surface area contributed by atoms with Crippen molar-refractivity contribution < 1.29 is 5.11 Å². The minimum absolute atomic E-state index is 0.246. The standard InChI is InChI=1S/C16H20ClN3OS/c17-15-6-5-14(22-15)10-18-9-12-3-1-7-19-16(12)20-8-2-4-13(21)11-20/h1,3,5-7,13,18,21H,2,4,8-11H2/t13-/m1/s1. The number of piperidine rings is 1. The van der Waals surface area contributed by atoms with Gasteiger partial charge < -0.3 is 15.3 Å². The van der Waals surface area contributed by atoms with Gasteiger partial charge >= 0.3 is 0 Å². The van der Waals surface area contributed by atoms with Gasteiger partial charge in [-0.1, -0.05) is 17.7 Å². The van der Waals surface area contributed by atoms with Crippen LogP contribution in [-0.4, -0.2) is 29.3 Å². The second kappa shape index (κ2) is 7.42. The highest BCUT2D eigenvalue weighted by molar-refractivity contribution is 7.16. The molecule has 22 heavy (non-hydrogen) atoms. The summed E-state index contributed by atoms with van der Waals surface area (Å²) in [5.41, 5.74) is 1.17. The number of aliphatic hydroxyl groups excluding tert-OH is 1. The zero-order valence-electron chi connectivity index (χ0n) is 12.3. The molecule has 0 amide bonds. The predicted octanol–water partition coefficient (Wildman–Crippen LogP) is 3.05. The van der Waals surface area contributed by atoms with E-state index in [0.717, 1.165) is 42.6 Å². The Morgan fingerprint density at radius 2 is 2.27 bits per heavy atom. The lowest BCUT2D eigenvalue weighted by atomic mass is 10.1. The van der Waals surface area contributed by atoms with E-state index in [4.69, 9.17) is 11.6 Å². The molecule has 0 bridgehead atoms. The fourth-order valence-corrected chi connectivity index (χ4v) is 3.82. The molecule has 2 N–H and O–H groups in total.